The maximum Gasteiger partial charge on any atom is 0.305 e. The van der Waals surface area contributed by atoms with Crippen molar-refractivity contribution < 1.29 is 13.9 Å². The topological polar surface area (TPSA) is 57.0 Å². The molecule has 0 radical (unpaired) electrons. The molecule has 27 heavy (non-hydrogen) atoms. The molecule has 1 aromatic heterocycles. The van der Waals surface area contributed by atoms with Gasteiger partial charge in [-0.2, -0.15) is 0 Å². The summed E-state index contributed by atoms with van der Waals surface area (Å²) in [6.45, 7) is 2.19. The van der Waals surface area contributed by atoms with E-state index in [1.54, 1.807) is 19.1 Å². The average Bonchev–Trinajstić information content (AvgIpc) is 3.11. The predicted molar refractivity (Wildman–Crippen MR) is 103 cm³/mol. The van der Waals surface area contributed by atoms with Crippen LogP contribution in [0.5, 0.6) is 0 Å². The summed E-state index contributed by atoms with van der Waals surface area (Å²) in [7, 11) is 0. The van der Waals surface area contributed by atoms with E-state index in [1.165, 1.54) is 23.9 Å². The Hall–Kier alpha value is -2.67. The molecule has 0 saturated heterocycles. The molecule has 5 nitrogen and oxygen atoms in total. The second-order valence-corrected chi connectivity index (χ2v) is 6.80. The van der Waals surface area contributed by atoms with Gasteiger partial charge in [-0.3, -0.25) is 9.36 Å². The molecule has 0 amide bonds. The Kier molecular flexibility index (Phi) is 6.59. The highest BCUT2D eigenvalue weighted by atomic mass is 32.2. The van der Waals surface area contributed by atoms with Crippen LogP contribution in [0.2, 0.25) is 0 Å². The standard InChI is InChI=1S/C20H20FN3O2S/c1-2-26-18(25)9-6-14-27-20-23-22-19(15-7-4-3-5-8-15)24(20)17-12-10-16(21)11-13-17/h3-5,7-8,10-13H,2,6,9,14H2,1H3. The number of esters is 1. The summed E-state index contributed by atoms with van der Waals surface area (Å²) in [5.74, 6) is 0.905. The fraction of sp³-hybridized carbons (Fsp3) is 0.250. The second-order valence-electron chi connectivity index (χ2n) is 5.74. The first-order valence-electron chi connectivity index (χ1n) is 8.74. The van der Waals surface area contributed by atoms with Crippen LogP contribution in [0, 0.1) is 5.82 Å². The van der Waals surface area contributed by atoms with Crippen molar-refractivity contribution in [3.05, 3.63) is 60.4 Å². The molecular weight excluding hydrogens is 365 g/mol. The first-order valence-corrected chi connectivity index (χ1v) is 9.73. The number of hydrogen-bond donors (Lipinski definition) is 0. The van der Waals surface area contributed by atoms with Gasteiger partial charge in [0.2, 0.25) is 0 Å². The van der Waals surface area contributed by atoms with Crippen molar-refractivity contribution in [1.29, 1.82) is 0 Å². The quantitative estimate of drug-likeness (QED) is 0.324. The number of carbonyl (C=O) groups is 1. The Morgan fingerprint density at radius 1 is 1.11 bits per heavy atom. The van der Waals surface area contributed by atoms with Crippen LogP contribution in [0.1, 0.15) is 19.8 Å². The number of ether oxygens (including phenoxy) is 1. The largest absolute Gasteiger partial charge is 0.466 e. The van der Waals surface area contributed by atoms with Crippen LogP contribution < -0.4 is 0 Å². The van der Waals surface area contributed by atoms with Gasteiger partial charge in [-0.25, -0.2) is 4.39 Å². The molecule has 7 heteroatoms. The van der Waals surface area contributed by atoms with Gasteiger partial charge in [-0.1, -0.05) is 42.1 Å². The Morgan fingerprint density at radius 3 is 2.56 bits per heavy atom. The van der Waals surface area contributed by atoms with E-state index in [9.17, 15) is 9.18 Å². The molecule has 0 unspecified atom stereocenters. The smallest absolute Gasteiger partial charge is 0.305 e. The van der Waals surface area contributed by atoms with Gasteiger partial charge >= 0.3 is 5.97 Å². The monoisotopic (exact) mass is 385 g/mol. The number of hydrogen-bond acceptors (Lipinski definition) is 5. The first-order chi connectivity index (χ1) is 13.2. The zero-order valence-electron chi connectivity index (χ0n) is 15.0. The first kappa shape index (κ1) is 19.1. The number of rotatable bonds is 8. The highest BCUT2D eigenvalue weighted by Gasteiger charge is 2.16. The molecule has 0 fully saturated rings. The van der Waals surface area contributed by atoms with E-state index in [-0.39, 0.29) is 11.8 Å². The number of nitrogens with zero attached hydrogens (tertiary/aromatic N) is 3. The molecule has 0 aliphatic heterocycles. The van der Waals surface area contributed by atoms with E-state index in [1.807, 2.05) is 34.9 Å². The van der Waals surface area contributed by atoms with Gasteiger partial charge in [0.05, 0.1) is 6.61 Å². The molecule has 0 atom stereocenters. The molecular formula is C20H20FN3O2S. The van der Waals surface area contributed by atoms with Crippen molar-refractivity contribution >= 4 is 17.7 Å². The summed E-state index contributed by atoms with van der Waals surface area (Å²) in [5, 5.41) is 9.34. The molecule has 0 N–H and O–H groups in total. The van der Waals surface area contributed by atoms with E-state index in [0.29, 0.717) is 36.2 Å². The van der Waals surface area contributed by atoms with Gasteiger partial charge < -0.3 is 4.74 Å². The van der Waals surface area contributed by atoms with Gasteiger partial charge in [0.15, 0.2) is 11.0 Å². The molecule has 0 bridgehead atoms. The fourth-order valence-electron chi connectivity index (χ4n) is 2.57. The molecule has 140 valence electrons. The lowest BCUT2D eigenvalue weighted by atomic mass is 10.2. The molecule has 3 aromatic rings. The summed E-state index contributed by atoms with van der Waals surface area (Å²) in [6.07, 6.45) is 1.05. The van der Waals surface area contributed by atoms with Crippen LogP contribution in [0.4, 0.5) is 4.39 Å². The van der Waals surface area contributed by atoms with E-state index >= 15 is 0 Å². The number of benzene rings is 2. The molecule has 0 saturated carbocycles. The summed E-state index contributed by atoms with van der Waals surface area (Å²) in [6, 6.07) is 16.0. The van der Waals surface area contributed by atoms with E-state index in [4.69, 9.17) is 4.74 Å². The second kappa shape index (κ2) is 9.32. The van der Waals surface area contributed by atoms with Crippen molar-refractivity contribution in [2.24, 2.45) is 0 Å². The van der Waals surface area contributed by atoms with Crippen molar-refractivity contribution in [3.63, 3.8) is 0 Å². The van der Waals surface area contributed by atoms with Crippen LogP contribution in [0.15, 0.2) is 59.8 Å². The van der Waals surface area contributed by atoms with Crippen LogP contribution >= 0.6 is 11.8 Å². The number of thioether (sulfide) groups is 1. The zero-order valence-corrected chi connectivity index (χ0v) is 15.8. The predicted octanol–water partition coefficient (Wildman–Crippen LogP) is 4.51. The number of aromatic nitrogens is 3. The molecule has 3 rings (SSSR count). The number of halogens is 1. The Bertz CT molecular complexity index is 882. The fourth-order valence-corrected chi connectivity index (χ4v) is 3.46. The Labute approximate surface area is 161 Å². The maximum absolute atomic E-state index is 13.3. The van der Waals surface area contributed by atoms with Crippen molar-refractivity contribution in [2.45, 2.75) is 24.9 Å². The van der Waals surface area contributed by atoms with E-state index in [2.05, 4.69) is 10.2 Å². The Morgan fingerprint density at radius 2 is 1.85 bits per heavy atom. The molecule has 2 aromatic carbocycles. The van der Waals surface area contributed by atoms with Gasteiger partial charge in [0, 0.05) is 23.4 Å². The minimum absolute atomic E-state index is 0.192. The molecule has 0 spiro atoms. The van der Waals surface area contributed by atoms with Crippen molar-refractivity contribution in [2.75, 3.05) is 12.4 Å². The SMILES string of the molecule is CCOC(=O)CCCSc1nnc(-c2ccccc2)n1-c1ccc(F)cc1. The third-order valence-electron chi connectivity index (χ3n) is 3.81. The minimum atomic E-state index is -0.295. The van der Waals surface area contributed by atoms with Crippen LogP contribution in [0.25, 0.3) is 17.1 Å². The highest BCUT2D eigenvalue weighted by Crippen LogP contribution is 2.28. The lowest BCUT2D eigenvalue weighted by Crippen LogP contribution is -2.04. The minimum Gasteiger partial charge on any atom is -0.466 e. The van der Waals surface area contributed by atoms with E-state index < -0.39 is 0 Å². The normalized spacial score (nSPS) is 10.7. The third-order valence-corrected chi connectivity index (χ3v) is 4.83. The average molecular weight is 385 g/mol. The van der Waals surface area contributed by atoms with Crippen molar-refractivity contribution in [3.8, 4) is 17.1 Å². The zero-order chi connectivity index (χ0) is 19.1. The summed E-state index contributed by atoms with van der Waals surface area (Å²) >= 11 is 1.51. The third kappa shape index (κ3) is 4.95. The summed E-state index contributed by atoms with van der Waals surface area (Å²) in [4.78, 5) is 11.5. The highest BCUT2D eigenvalue weighted by molar-refractivity contribution is 7.99. The van der Waals surface area contributed by atoms with Crippen molar-refractivity contribution in [1.82, 2.24) is 14.8 Å². The van der Waals surface area contributed by atoms with Gasteiger partial charge in [-0.05, 0) is 37.6 Å². The van der Waals surface area contributed by atoms with Gasteiger partial charge in [0.25, 0.3) is 0 Å². The van der Waals surface area contributed by atoms with Gasteiger partial charge in [0.1, 0.15) is 5.82 Å². The molecule has 0 aliphatic rings. The summed E-state index contributed by atoms with van der Waals surface area (Å²) in [5.41, 5.74) is 1.71. The van der Waals surface area contributed by atoms with Crippen LogP contribution in [-0.2, 0) is 9.53 Å². The lowest BCUT2D eigenvalue weighted by molar-refractivity contribution is -0.143. The molecule has 1 heterocycles. The summed E-state index contributed by atoms with van der Waals surface area (Å²) < 4.78 is 20.2. The van der Waals surface area contributed by atoms with E-state index in [0.717, 1.165) is 11.3 Å². The van der Waals surface area contributed by atoms with Crippen LogP contribution in [-0.4, -0.2) is 33.1 Å². The Balaban J connectivity index is 1.82. The van der Waals surface area contributed by atoms with Gasteiger partial charge in [-0.15, -0.1) is 10.2 Å². The lowest BCUT2D eigenvalue weighted by Gasteiger charge is -2.10. The molecule has 0 aliphatic carbocycles. The number of carbonyl (C=O) groups excluding carboxylic acids is 1. The maximum atomic E-state index is 13.3. The van der Waals surface area contributed by atoms with Crippen LogP contribution in [0.3, 0.4) is 0 Å².